The predicted octanol–water partition coefficient (Wildman–Crippen LogP) is 2.88. The molecule has 1 aliphatic heterocycles. The summed E-state index contributed by atoms with van der Waals surface area (Å²) in [4.78, 5) is 43.1. The van der Waals surface area contributed by atoms with E-state index >= 15 is 0 Å². The first kappa shape index (κ1) is 28.2. The van der Waals surface area contributed by atoms with Gasteiger partial charge in [-0.05, 0) is 24.1 Å². The van der Waals surface area contributed by atoms with Crippen molar-refractivity contribution in [3.8, 4) is 11.8 Å². The average molecular weight is 533 g/mol. The van der Waals surface area contributed by atoms with Gasteiger partial charge in [0.1, 0.15) is 13.0 Å². The molecule has 3 unspecified atom stereocenters. The Bertz CT molecular complexity index is 1330. The molecule has 15 heteroatoms. The van der Waals surface area contributed by atoms with Gasteiger partial charge in [0, 0.05) is 23.1 Å². The highest BCUT2D eigenvalue weighted by molar-refractivity contribution is 6.04. The van der Waals surface area contributed by atoms with Gasteiger partial charge in [0.2, 0.25) is 0 Å². The minimum atomic E-state index is -5.07. The summed E-state index contributed by atoms with van der Waals surface area (Å²) in [7, 11) is 0. The van der Waals surface area contributed by atoms with Crippen molar-refractivity contribution in [3.63, 3.8) is 0 Å². The zero-order valence-electron chi connectivity index (χ0n) is 19.9. The molecule has 2 amide bonds. The van der Waals surface area contributed by atoms with Crippen molar-refractivity contribution in [1.82, 2.24) is 14.9 Å². The highest BCUT2D eigenvalue weighted by atomic mass is 19.4. The molecule has 1 fully saturated rings. The number of carbonyl (C=O) groups excluding carboxylic acids is 2. The molecule has 0 radical (unpaired) electrons. The van der Waals surface area contributed by atoms with Crippen molar-refractivity contribution in [3.05, 3.63) is 68.6 Å². The number of benzene rings is 1. The summed E-state index contributed by atoms with van der Waals surface area (Å²) >= 11 is 0. The molecule has 2 aromatic rings. The zero-order valence-corrected chi connectivity index (χ0v) is 19.9. The molecule has 1 saturated heterocycles. The van der Waals surface area contributed by atoms with Crippen LogP contribution >= 0.6 is 0 Å². The highest BCUT2D eigenvalue weighted by Crippen LogP contribution is 2.32. The largest absolute Gasteiger partial charge is 0.471 e. The first-order valence-corrected chi connectivity index (χ1v) is 11.3. The summed E-state index contributed by atoms with van der Waals surface area (Å²) in [5.41, 5.74) is 7.91. The van der Waals surface area contributed by atoms with Crippen LogP contribution in [0.2, 0.25) is 0 Å². The van der Waals surface area contributed by atoms with E-state index in [1.165, 1.54) is 18.3 Å². The van der Waals surface area contributed by atoms with Gasteiger partial charge in [-0.15, -0.1) is 0 Å². The molecule has 2 heterocycles. The lowest BCUT2D eigenvalue weighted by Crippen LogP contribution is -2.36. The van der Waals surface area contributed by atoms with E-state index in [2.05, 4.69) is 32.2 Å². The number of aromatic nitrogens is 2. The Hall–Kier alpha value is -4.38. The molecule has 2 N–H and O–H groups in total. The predicted molar refractivity (Wildman–Crippen MR) is 127 cm³/mol. The van der Waals surface area contributed by atoms with Gasteiger partial charge in [-0.2, -0.15) is 18.2 Å². The topological polar surface area (TPSA) is 160 Å². The number of anilines is 1. The number of alkyl halides is 3. The Morgan fingerprint density at radius 3 is 2.74 bits per heavy atom. The van der Waals surface area contributed by atoms with Gasteiger partial charge >= 0.3 is 17.8 Å². The molecule has 0 aliphatic carbocycles. The Balaban J connectivity index is 1.90. The lowest BCUT2D eigenvalue weighted by atomic mass is 10.1. The van der Waals surface area contributed by atoms with Crippen LogP contribution in [0.4, 0.5) is 19.0 Å². The number of rotatable bonds is 8. The monoisotopic (exact) mass is 533 g/mol. The minimum absolute atomic E-state index is 0.00904. The van der Waals surface area contributed by atoms with Crippen LogP contribution in [-0.4, -0.2) is 53.0 Å². The van der Waals surface area contributed by atoms with Crippen molar-refractivity contribution in [2.24, 2.45) is 5.11 Å². The van der Waals surface area contributed by atoms with E-state index in [9.17, 15) is 27.6 Å². The van der Waals surface area contributed by atoms with E-state index in [0.717, 1.165) is 4.57 Å². The van der Waals surface area contributed by atoms with E-state index in [4.69, 9.17) is 15.0 Å². The van der Waals surface area contributed by atoms with Gasteiger partial charge in [-0.25, -0.2) is 4.79 Å². The Kier molecular flexibility index (Phi) is 9.44. The summed E-state index contributed by atoms with van der Waals surface area (Å²) in [6, 6.07) is 8.03. The maximum atomic E-state index is 12.9. The molecular weight excluding hydrogens is 511 g/mol. The lowest BCUT2D eigenvalue weighted by molar-refractivity contribution is -0.173. The van der Waals surface area contributed by atoms with Crippen LogP contribution in [0.1, 0.15) is 41.9 Å². The molecule has 12 nitrogen and oxygen atoms in total. The van der Waals surface area contributed by atoms with Crippen LogP contribution in [0.5, 0.6) is 0 Å². The summed E-state index contributed by atoms with van der Waals surface area (Å²) < 4.78 is 49.8. The van der Waals surface area contributed by atoms with Crippen molar-refractivity contribution < 1.29 is 32.2 Å². The first-order valence-electron chi connectivity index (χ1n) is 11.3. The first-order chi connectivity index (χ1) is 18.1. The molecule has 3 rings (SSSR count). The van der Waals surface area contributed by atoms with E-state index in [-0.39, 0.29) is 30.1 Å². The number of carbonyl (C=O) groups is 2. The fourth-order valence-corrected chi connectivity index (χ4v) is 3.56. The number of azide groups is 1. The molecule has 0 bridgehead atoms. The Labute approximate surface area is 213 Å². The van der Waals surface area contributed by atoms with Gasteiger partial charge < -0.3 is 20.1 Å². The van der Waals surface area contributed by atoms with Crippen molar-refractivity contribution in [1.29, 1.82) is 0 Å². The number of ether oxygens (including phenoxy) is 2. The maximum absolute atomic E-state index is 12.9. The fraction of sp³-hybridized carbons (Fsp3) is 0.391. The summed E-state index contributed by atoms with van der Waals surface area (Å²) in [5, 5.41) is 7.42. The van der Waals surface area contributed by atoms with Gasteiger partial charge in [-0.1, -0.05) is 42.1 Å². The second kappa shape index (κ2) is 12.7. The third-order valence-corrected chi connectivity index (χ3v) is 5.34. The summed E-state index contributed by atoms with van der Waals surface area (Å²) in [6.45, 7) is 0.953. The van der Waals surface area contributed by atoms with Gasteiger partial charge in [0.25, 0.3) is 5.91 Å². The Morgan fingerprint density at radius 1 is 1.34 bits per heavy atom. The van der Waals surface area contributed by atoms with E-state index in [1.807, 2.05) is 6.92 Å². The molecule has 1 aromatic heterocycles. The molecule has 200 valence electrons. The van der Waals surface area contributed by atoms with E-state index in [1.54, 1.807) is 23.5 Å². The third-order valence-electron chi connectivity index (χ3n) is 5.34. The van der Waals surface area contributed by atoms with Gasteiger partial charge in [-0.3, -0.25) is 14.2 Å². The van der Waals surface area contributed by atoms with Crippen LogP contribution in [0.15, 0.2) is 46.4 Å². The second-order valence-corrected chi connectivity index (χ2v) is 7.83. The Morgan fingerprint density at radius 2 is 2.08 bits per heavy atom. The van der Waals surface area contributed by atoms with E-state index < -0.39 is 48.7 Å². The van der Waals surface area contributed by atoms with Crippen LogP contribution in [0.25, 0.3) is 10.4 Å². The number of nitrogens with zero attached hydrogens (tertiary/aromatic N) is 5. The molecule has 0 spiro atoms. The molecule has 0 saturated carbocycles. The number of amides is 2. The third kappa shape index (κ3) is 7.32. The number of nitrogens with one attached hydrogen (secondary N) is 2. The SMILES string of the molecule is CCC1OC(n2cc(C#CCNC(=O)C(F)(F)F)c(NC(=O)c3ccccc3)nc2=O)CC1OCN=[N+]=[N-]. The minimum Gasteiger partial charge on any atom is -0.369 e. The van der Waals surface area contributed by atoms with Gasteiger partial charge in [0.05, 0.1) is 24.3 Å². The molecule has 3 atom stereocenters. The molecular formula is C23H22F3N7O5. The van der Waals surface area contributed by atoms with Crippen molar-refractivity contribution >= 4 is 17.6 Å². The quantitative estimate of drug-likeness (QED) is 0.230. The number of hydrogen-bond donors (Lipinski definition) is 2. The number of halogens is 3. The van der Waals surface area contributed by atoms with Crippen LogP contribution in [0.3, 0.4) is 0 Å². The normalized spacial score (nSPS) is 18.6. The standard InChI is InChI=1S/C23H22F3N7O5/c1-2-16-17(37-13-29-32-27)11-18(38-16)33-12-15(9-6-10-28-21(35)23(24,25)26)19(31-22(33)36)30-20(34)14-7-4-3-5-8-14/h3-5,7-8,12,16-18H,2,10-11,13H2,1H3,(H,28,35)(H,30,31,34,36). The van der Waals surface area contributed by atoms with Crippen molar-refractivity contribution in [2.75, 3.05) is 18.6 Å². The molecule has 1 aliphatic rings. The lowest BCUT2D eigenvalue weighted by Gasteiger charge is -2.16. The second-order valence-electron chi connectivity index (χ2n) is 7.83. The van der Waals surface area contributed by atoms with Gasteiger partial charge in [0.15, 0.2) is 5.82 Å². The average Bonchev–Trinajstić information content (AvgIpc) is 3.30. The smallest absolute Gasteiger partial charge is 0.369 e. The zero-order chi connectivity index (χ0) is 27.7. The van der Waals surface area contributed by atoms with Crippen LogP contribution in [-0.2, 0) is 14.3 Å². The van der Waals surface area contributed by atoms with E-state index in [0.29, 0.717) is 6.42 Å². The van der Waals surface area contributed by atoms with Crippen LogP contribution < -0.4 is 16.3 Å². The fourth-order valence-electron chi connectivity index (χ4n) is 3.56. The highest BCUT2D eigenvalue weighted by Gasteiger charge is 2.38. The summed E-state index contributed by atoms with van der Waals surface area (Å²) in [5.74, 6) is 1.91. The summed E-state index contributed by atoms with van der Waals surface area (Å²) in [6.07, 6.45) is -4.86. The maximum Gasteiger partial charge on any atom is 0.471 e. The van der Waals surface area contributed by atoms with Crippen molar-refractivity contribution in [2.45, 2.75) is 44.4 Å². The molecule has 1 aromatic carbocycles. The molecule has 38 heavy (non-hydrogen) atoms. The number of hydrogen-bond acceptors (Lipinski definition) is 7. The van der Waals surface area contributed by atoms with Crippen LogP contribution in [0, 0.1) is 11.8 Å².